The summed E-state index contributed by atoms with van der Waals surface area (Å²) < 4.78 is 10.1. The average molecular weight is 374 g/mol. The standard InChI is InChI=1S/C19H22N2O6/c1-12-17-15(21(18(12)24)16(23)11-26-13(2)22)8-9-20(17)19(25)27-10-14-6-4-3-5-7-14/h3-7,12,15,17H,8-11H2,1-2H3/t12-,15-,17+/m0/s1. The van der Waals surface area contributed by atoms with Crippen molar-refractivity contribution in [1.29, 1.82) is 0 Å². The van der Waals surface area contributed by atoms with Crippen LogP contribution >= 0.6 is 0 Å². The highest BCUT2D eigenvalue weighted by molar-refractivity contribution is 6.00. The second kappa shape index (κ2) is 7.77. The number of amides is 3. The number of imide groups is 1. The van der Waals surface area contributed by atoms with Crippen molar-refractivity contribution in [2.75, 3.05) is 13.2 Å². The Morgan fingerprint density at radius 3 is 2.52 bits per heavy atom. The number of hydrogen-bond acceptors (Lipinski definition) is 6. The topological polar surface area (TPSA) is 93.2 Å². The molecule has 0 aliphatic carbocycles. The van der Waals surface area contributed by atoms with E-state index in [9.17, 15) is 19.2 Å². The van der Waals surface area contributed by atoms with Crippen molar-refractivity contribution in [1.82, 2.24) is 9.80 Å². The number of nitrogens with zero attached hydrogens (tertiary/aromatic N) is 2. The molecule has 0 bridgehead atoms. The third-order valence-corrected chi connectivity index (χ3v) is 5.00. The zero-order valence-electron chi connectivity index (χ0n) is 15.3. The summed E-state index contributed by atoms with van der Waals surface area (Å²) in [6.07, 6.45) is -0.0206. The van der Waals surface area contributed by atoms with Crippen molar-refractivity contribution in [3.8, 4) is 0 Å². The Balaban J connectivity index is 1.66. The predicted octanol–water partition coefficient (Wildman–Crippen LogP) is 1.33. The van der Waals surface area contributed by atoms with E-state index in [0.717, 1.165) is 10.5 Å². The van der Waals surface area contributed by atoms with Gasteiger partial charge in [-0.05, 0) is 12.0 Å². The summed E-state index contributed by atoms with van der Waals surface area (Å²) in [4.78, 5) is 51.0. The van der Waals surface area contributed by atoms with Gasteiger partial charge in [-0.25, -0.2) is 4.79 Å². The van der Waals surface area contributed by atoms with E-state index in [2.05, 4.69) is 0 Å². The van der Waals surface area contributed by atoms with E-state index in [-0.39, 0.29) is 12.5 Å². The van der Waals surface area contributed by atoms with Crippen molar-refractivity contribution in [3.63, 3.8) is 0 Å². The van der Waals surface area contributed by atoms with Gasteiger partial charge < -0.3 is 14.4 Å². The van der Waals surface area contributed by atoms with Crippen LogP contribution in [0.15, 0.2) is 30.3 Å². The molecule has 2 heterocycles. The lowest BCUT2D eigenvalue weighted by atomic mass is 10.0. The molecule has 0 spiro atoms. The van der Waals surface area contributed by atoms with Crippen LogP contribution in [-0.2, 0) is 30.5 Å². The third-order valence-electron chi connectivity index (χ3n) is 5.00. The minimum atomic E-state index is -0.586. The molecular weight excluding hydrogens is 352 g/mol. The van der Waals surface area contributed by atoms with Crippen LogP contribution in [0, 0.1) is 5.92 Å². The maximum atomic E-state index is 12.5. The smallest absolute Gasteiger partial charge is 0.410 e. The summed E-state index contributed by atoms with van der Waals surface area (Å²) in [5.41, 5.74) is 0.871. The van der Waals surface area contributed by atoms with E-state index in [1.807, 2.05) is 30.3 Å². The highest BCUT2D eigenvalue weighted by Crippen LogP contribution is 2.36. The highest BCUT2D eigenvalue weighted by atomic mass is 16.6. The molecule has 2 saturated heterocycles. The van der Waals surface area contributed by atoms with Crippen LogP contribution < -0.4 is 0 Å². The second-order valence-corrected chi connectivity index (χ2v) is 6.75. The molecule has 1 aromatic rings. The predicted molar refractivity (Wildman–Crippen MR) is 93.2 cm³/mol. The van der Waals surface area contributed by atoms with Gasteiger partial charge in [0.2, 0.25) is 5.91 Å². The van der Waals surface area contributed by atoms with Crippen molar-refractivity contribution < 1.29 is 28.7 Å². The van der Waals surface area contributed by atoms with Gasteiger partial charge in [-0.15, -0.1) is 0 Å². The van der Waals surface area contributed by atoms with E-state index in [4.69, 9.17) is 9.47 Å². The first-order valence-corrected chi connectivity index (χ1v) is 8.86. The molecule has 144 valence electrons. The maximum Gasteiger partial charge on any atom is 0.410 e. The van der Waals surface area contributed by atoms with Gasteiger partial charge in [0.15, 0.2) is 6.61 Å². The van der Waals surface area contributed by atoms with Gasteiger partial charge in [-0.2, -0.15) is 0 Å². The first kappa shape index (κ1) is 18.9. The van der Waals surface area contributed by atoms with Gasteiger partial charge >= 0.3 is 12.1 Å². The summed E-state index contributed by atoms with van der Waals surface area (Å²) in [7, 11) is 0. The molecule has 3 amide bonds. The van der Waals surface area contributed by atoms with Crippen LogP contribution in [0.2, 0.25) is 0 Å². The molecule has 0 radical (unpaired) electrons. The summed E-state index contributed by atoms with van der Waals surface area (Å²) >= 11 is 0. The molecule has 2 aliphatic rings. The summed E-state index contributed by atoms with van der Waals surface area (Å²) in [5, 5.41) is 0. The van der Waals surface area contributed by atoms with Crippen molar-refractivity contribution in [3.05, 3.63) is 35.9 Å². The normalized spacial score (nSPS) is 23.9. The van der Waals surface area contributed by atoms with E-state index in [1.165, 1.54) is 11.8 Å². The molecule has 3 atom stereocenters. The first-order chi connectivity index (χ1) is 12.9. The van der Waals surface area contributed by atoms with E-state index in [0.29, 0.717) is 13.0 Å². The Morgan fingerprint density at radius 1 is 1.15 bits per heavy atom. The second-order valence-electron chi connectivity index (χ2n) is 6.75. The lowest BCUT2D eigenvalue weighted by Crippen LogP contribution is -2.44. The van der Waals surface area contributed by atoms with Gasteiger partial charge in [0.1, 0.15) is 6.61 Å². The number of likely N-dealkylation sites (tertiary alicyclic amines) is 2. The average Bonchev–Trinajstić information content (AvgIpc) is 3.18. The number of rotatable bonds is 4. The van der Waals surface area contributed by atoms with Crippen molar-refractivity contribution in [2.24, 2.45) is 5.92 Å². The van der Waals surface area contributed by atoms with Gasteiger partial charge in [0, 0.05) is 13.5 Å². The third kappa shape index (κ3) is 3.79. The number of esters is 1. The lowest BCUT2D eigenvalue weighted by molar-refractivity contribution is -0.155. The van der Waals surface area contributed by atoms with E-state index in [1.54, 1.807) is 6.92 Å². The van der Waals surface area contributed by atoms with Crippen LogP contribution in [0.25, 0.3) is 0 Å². The summed E-state index contributed by atoms with van der Waals surface area (Å²) in [6.45, 7) is 2.96. The first-order valence-electron chi connectivity index (χ1n) is 8.86. The number of hydrogen-bond donors (Lipinski definition) is 0. The van der Waals surface area contributed by atoms with Crippen LogP contribution in [0.1, 0.15) is 25.8 Å². The highest BCUT2D eigenvalue weighted by Gasteiger charge is 2.55. The minimum absolute atomic E-state index is 0.144. The zero-order chi connectivity index (χ0) is 19.6. The van der Waals surface area contributed by atoms with Crippen LogP contribution in [0.5, 0.6) is 0 Å². The number of benzene rings is 1. The number of fused-ring (bicyclic) bond motifs is 1. The summed E-state index contributed by atoms with van der Waals surface area (Å²) in [6, 6.07) is 8.47. The quantitative estimate of drug-likeness (QED) is 0.738. The molecule has 0 unspecified atom stereocenters. The number of carbonyl (C=O) groups excluding carboxylic acids is 4. The van der Waals surface area contributed by atoms with Crippen LogP contribution in [0.4, 0.5) is 4.79 Å². The molecule has 3 rings (SSSR count). The molecule has 0 N–H and O–H groups in total. The SMILES string of the molecule is CC(=O)OCC(=O)N1C(=O)[C@@H](C)[C@@H]2[C@@H]1CCN2C(=O)OCc1ccccc1. The zero-order valence-corrected chi connectivity index (χ0v) is 15.3. The Labute approximate surface area is 157 Å². The summed E-state index contributed by atoms with van der Waals surface area (Å²) in [5.74, 6) is -2.03. The minimum Gasteiger partial charge on any atom is -0.456 e. The van der Waals surface area contributed by atoms with Gasteiger partial charge in [0.25, 0.3) is 5.91 Å². The Kier molecular flexibility index (Phi) is 5.43. The fourth-order valence-corrected chi connectivity index (χ4v) is 3.77. The monoisotopic (exact) mass is 374 g/mol. The fraction of sp³-hybridized carbons (Fsp3) is 0.474. The molecular formula is C19H22N2O6. The Hall–Kier alpha value is -2.90. The van der Waals surface area contributed by atoms with E-state index >= 15 is 0 Å². The Bertz CT molecular complexity index is 750. The maximum absolute atomic E-state index is 12.5. The molecule has 27 heavy (non-hydrogen) atoms. The van der Waals surface area contributed by atoms with Gasteiger partial charge in [0.05, 0.1) is 18.0 Å². The number of ether oxygens (including phenoxy) is 2. The van der Waals surface area contributed by atoms with Crippen LogP contribution in [-0.4, -0.2) is 58.9 Å². The van der Waals surface area contributed by atoms with Crippen LogP contribution in [0.3, 0.4) is 0 Å². The number of carbonyl (C=O) groups is 4. The molecule has 2 fully saturated rings. The fourth-order valence-electron chi connectivity index (χ4n) is 3.77. The van der Waals surface area contributed by atoms with E-state index < -0.39 is 42.6 Å². The van der Waals surface area contributed by atoms with Gasteiger partial charge in [-0.3, -0.25) is 19.3 Å². The van der Waals surface area contributed by atoms with Crippen molar-refractivity contribution >= 4 is 23.9 Å². The largest absolute Gasteiger partial charge is 0.456 e. The molecule has 2 aliphatic heterocycles. The molecule has 8 nitrogen and oxygen atoms in total. The van der Waals surface area contributed by atoms with Gasteiger partial charge in [-0.1, -0.05) is 37.3 Å². The lowest BCUT2D eigenvalue weighted by Gasteiger charge is -2.25. The molecule has 0 aromatic heterocycles. The molecule has 8 heteroatoms. The van der Waals surface area contributed by atoms with Crippen molar-refractivity contribution in [2.45, 2.75) is 39.0 Å². The Morgan fingerprint density at radius 2 is 1.85 bits per heavy atom. The molecule has 0 saturated carbocycles. The molecule has 1 aromatic carbocycles.